The van der Waals surface area contributed by atoms with Crippen molar-refractivity contribution in [3.8, 4) is 5.75 Å². The van der Waals surface area contributed by atoms with Crippen molar-refractivity contribution in [2.45, 2.75) is 32.5 Å². The summed E-state index contributed by atoms with van der Waals surface area (Å²) in [6, 6.07) is 13.6. The van der Waals surface area contributed by atoms with Gasteiger partial charge in [-0.2, -0.15) is 0 Å². The fourth-order valence-corrected chi connectivity index (χ4v) is 2.38. The lowest BCUT2D eigenvalue weighted by Crippen LogP contribution is -2.19. The summed E-state index contributed by atoms with van der Waals surface area (Å²) in [5.41, 5.74) is 2.70. The number of benzene rings is 2. The topological polar surface area (TPSA) is 60.7 Å². The minimum Gasteiger partial charge on any atom is -0.507 e. The molecule has 3 N–H and O–H groups in total. The average Bonchev–Trinajstić information content (AvgIpc) is 2.48. The first-order valence-electron chi connectivity index (χ1n) is 6.63. The van der Waals surface area contributed by atoms with Crippen molar-refractivity contribution in [2.24, 2.45) is 0 Å². The van der Waals surface area contributed by atoms with Crippen LogP contribution in [0.25, 0.3) is 0 Å². The number of aliphatic hydroxyl groups is 2. The predicted octanol–water partition coefficient (Wildman–Crippen LogP) is 2.70. The summed E-state index contributed by atoms with van der Waals surface area (Å²) >= 11 is 0. The van der Waals surface area contributed by atoms with Crippen LogP contribution in [0.1, 0.15) is 36.1 Å². The van der Waals surface area contributed by atoms with E-state index < -0.39 is 0 Å². The maximum atomic E-state index is 9.93. The molecule has 2 aromatic carbocycles. The Morgan fingerprint density at radius 1 is 0.850 bits per heavy atom. The number of aromatic hydroxyl groups is 1. The highest BCUT2D eigenvalue weighted by Gasteiger charge is 2.25. The number of hydrogen-bond donors (Lipinski definition) is 3. The largest absolute Gasteiger partial charge is 0.507 e. The fraction of sp³-hybridized carbons (Fsp3) is 0.294. The van der Waals surface area contributed by atoms with Crippen LogP contribution in [-0.2, 0) is 18.6 Å². The van der Waals surface area contributed by atoms with Crippen LogP contribution in [0.4, 0.5) is 0 Å². The van der Waals surface area contributed by atoms with Gasteiger partial charge in [-0.05, 0) is 23.3 Å². The van der Waals surface area contributed by atoms with E-state index in [1.165, 1.54) is 0 Å². The highest BCUT2D eigenvalue weighted by atomic mass is 16.3. The molecule has 20 heavy (non-hydrogen) atoms. The maximum Gasteiger partial charge on any atom is 0.126 e. The van der Waals surface area contributed by atoms with Crippen molar-refractivity contribution in [3.63, 3.8) is 0 Å². The number of phenols is 1. The Balaban J connectivity index is 2.57. The van der Waals surface area contributed by atoms with Crippen LogP contribution in [0, 0.1) is 0 Å². The number of aliphatic hydroxyl groups excluding tert-OH is 2. The third-order valence-electron chi connectivity index (χ3n) is 3.83. The first-order valence-corrected chi connectivity index (χ1v) is 6.63. The van der Waals surface area contributed by atoms with Crippen LogP contribution in [0.3, 0.4) is 0 Å². The van der Waals surface area contributed by atoms with Gasteiger partial charge in [0, 0.05) is 16.5 Å². The second kappa shape index (κ2) is 5.65. The maximum absolute atomic E-state index is 9.93. The molecule has 0 saturated heterocycles. The summed E-state index contributed by atoms with van der Waals surface area (Å²) in [4.78, 5) is 0. The van der Waals surface area contributed by atoms with E-state index in [0.717, 1.165) is 11.1 Å². The summed E-state index contributed by atoms with van der Waals surface area (Å²) in [7, 11) is 0. The van der Waals surface area contributed by atoms with Gasteiger partial charge >= 0.3 is 0 Å². The molecule has 0 spiro atoms. The van der Waals surface area contributed by atoms with Crippen molar-refractivity contribution in [1.82, 2.24) is 0 Å². The van der Waals surface area contributed by atoms with Crippen LogP contribution >= 0.6 is 0 Å². The third kappa shape index (κ3) is 2.55. The molecule has 0 unspecified atom stereocenters. The Labute approximate surface area is 119 Å². The van der Waals surface area contributed by atoms with E-state index in [-0.39, 0.29) is 24.4 Å². The second-order valence-corrected chi connectivity index (χ2v) is 5.45. The first kappa shape index (κ1) is 14.6. The van der Waals surface area contributed by atoms with Crippen LogP contribution in [-0.4, -0.2) is 15.3 Å². The van der Waals surface area contributed by atoms with Gasteiger partial charge in [0.1, 0.15) is 5.75 Å². The van der Waals surface area contributed by atoms with Crippen LogP contribution in [0.5, 0.6) is 5.75 Å². The molecular weight excluding hydrogens is 252 g/mol. The van der Waals surface area contributed by atoms with Gasteiger partial charge in [0.25, 0.3) is 0 Å². The number of rotatable bonds is 4. The van der Waals surface area contributed by atoms with E-state index in [1.807, 2.05) is 30.3 Å². The molecule has 0 fully saturated rings. The van der Waals surface area contributed by atoms with E-state index >= 15 is 0 Å². The molecule has 0 aliphatic heterocycles. The smallest absolute Gasteiger partial charge is 0.126 e. The lowest BCUT2D eigenvalue weighted by molar-refractivity contribution is 0.263. The second-order valence-electron chi connectivity index (χ2n) is 5.45. The van der Waals surface area contributed by atoms with Crippen LogP contribution in [0.15, 0.2) is 42.5 Å². The standard InChI is InChI=1S/C17H20O3/c1-17(2,14-6-4-3-5-7-14)15-8-12(10-18)16(20)13(9-15)11-19/h3-9,18-20H,10-11H2,1-2H3. The molecule has 0 aliphatic rings. The molecule has 3 heteroatoms. The SMILES string of the molecule is CC(C)(c1ccccc1)c1cc(CO)c(O)c(CO)c1. The molecule has 0 radical (unpaired) electrons. The van der Waals surface area contributed by atoms with Gasteiger partial charge < -0.3 is 15.3 Å². The third-order valence-corrected chi connectivity index (χ3v) is 3.83. The Morgan fingerprint density at radius 2 is 1.35 bits per heavy atom. The molecule has 106 valence electrons. The van der Waals surface area contributed by atoms with Crippen molar-refractivity contribution in [3.05, 3.63) is 64.7 Å². The Kier molecular flexibility index (Phi) is 4.12. The van der Waals surface area contributed by atoms with E-state index in [9.17, 15) is 15.3 Å². The monoisotopic (exact) mass is 272 g/mol. The molecular formula is C17H20O3. The Bertz CT molecular complexity index is 563. The molecule has 2 aromatic rings. The quantitative estimate of drug-likeness (QED) is 0.802. The molecule has 0 atom stereocenters. The van der Waals surface area contributed by atoms with E-state index in [2.05, 4.69) is 13.8 Å². The summed E-state index contributed by atoms with van der Waals surface area (Å²) in [6.07, 6.45) is 0. The van der Waals surface area contributed by atoms with Gasteiger partial charge in [0.2, 0.25) is 0 Å². The van der Waals surface area contributed by atoms with Gasteiger partial charge in [0.05, 0.1) is 13.2 Å². The minimum absolute atomic E-state index is 0.0254. The molecule has 0 bridgehead atoms. The molecule has 0 saturated carbocycles. The zero-order chi connectivity index (χ0) is 14.8. The Hall–Kier alpha value is -1.84. The lowest BCUT2D eigenvalue weighted by Gasteiger charge is -2.27. The summed E-state index contributed by atoms with van der Waals surface area (Å²) in [5.74, 6) is -0.0254. The highest BCUT2D eigenvalue weighted by molar-refractivity contribution is 5.48. The summed E-state index contributed by atoms with van der Waals surface area (Å²) in [6.45, 7) is 3.66. The molecule has 2 rings (SSSR count). The molecule has 0 amide bonds. The Morgan fingerprint density at radius 3 is 1.80 bits per heavy atom. The fourth-order valence-electron chi connectivity index (χ4n) is 2.38. The summed E-state index contributed by atoms with van der Waals surface area (Å²) in [5, 5.41) is 28.6. The normalized spacial score (nSPS) is 11.6. The lowest BCUT2D eigenvalue weighted by atomic mass is 9.77. The van der Waals surface area contributed by atoms with Gasteiger partial charge in [-0.25, -0.2) is 0 Å². The average molecular weight is 272 g/mol. The summed E-state index contributed by atoms with van der Waals surface area (Å²) < 4.78 is 0. The van der Waals surface area contributed by atoms with Crippen molar-refractivity contribution in [1.29, 1.82) is 0 Å². The zero-order valence-electron chi connectivity index (χ0n) is 11.8. The predicted molar refractivity (Wildman–Crippen MR) is 78.5 cm³/mol. The van der Waals surface area contributed by atoms with E-state index in [1.54, 1.807) is 12.1 Å². The van der Waals surface area contributed by atoms with E-state index in [4.69, 9.17) is 0 Å². The number of hydrogen-bond acceptors (Lipinski definition) is 3. The van der Waals surface area contributed by atoms with E-state index in [0.29, 0.717) is 11.1 Å². The van der Waals surface area contributed by atoms with Gasteiger partial charge in [-0.15, -0.1) is 0 Å². The van der Waals surface area contributed by atoms with Gasteiger partial charge in [-0.3, -0.25) is 0 Å². The van der Waals surface area contributed by atoms with Crippen molar-refractivity contribution >= 4 is 0 Å². The minimum atomic E-state index is -0.275. The zero-order valence-corrected chi connectivity index (χ0v) is 11.8. The van der Waals surface area contributed by atoms with Gasteiger partial charge in [0.15, 0.2) is 0 Å². The molecule has 0 aliphatic carbocycles. The van der Waals surface area contributed by atoms with Crippen LogP contribution < -0.4 is 0 Å². The van der Waals surface area contributed by atoms with Crippen LogP contribution in [0.2, 0.25) is 0 Å². The molecule has 0 aromatic heterocycles. The molecule has 0 heterocycles. The highest BCUT2D eigenvalue weighted by Crippen LogP contribution is 2.35. The molecule has 3 nitrogen and oxygen atoms in total. The van der Waals surface area contributed by atoms with Crippen molar-refractivity contribution < 1.29 is 15.3 Å². The van der Waals surface area contributed by atoms with Gasteiger partial charge in [-0.1, -0.05) is 44.2 Å². The first-order chi connectivity index (χ1) is 9.50. The van der Waals surface area contributed by atoms with Crippen molar-refractivity contribution in [2.75, 3.05) is 0 Å².